The average Bonchev–Trinajstić information content (AvgIpc) is 2.59. The molecule has 1 aliphatic heterocycles. The number of aromatic nitrogens is 1. The molecule has 2 aromatic rings. The van der Waals surface area contributed by atoms with E-state index in [1.165, 1.54) is 0 Å². The second-order valence-electron chi connectivity index (χ2n) is 5.73. The van der Waals surface area contributed by atoms with E-state index in [4.69, 9.17) is 10.1 Å². The maximum Gasteiger partial charge on any atom is 0.124 e. The SMILES string of the molecule is CCSNC1COCc2c(-c3ccc(O)c(C(C)=N)c3)cncc21. The van der Waals surface area contributed by atoms with Crippen LogP contribution in [-0.2, 0) is 11.3 Å². The van der Waals surface area contributed by atoms with Crippen LogP contribution in [0, 0.1) is 5.41 Å². The second-order valence-corrected chi connectivity index (χ2v) is 6.83. The summed E-state index contributed by atoms with van der Waals surface area (Å²) in [7, 11) is 0. The van der Waals surface area contributed by atoms with Crippen LogP contribution < -0.4 is 4.72 Å². The summed E-state index contributed by atoms with van der Waals surface area (Å²) in [6.07, 6.45) is 3.73. The lowest BCUT2D eigenvalue weighted by molar-refractivity contribution is 0.0892. The number of hydrogen-bond acceptors (Lipinski definition) is 6. The van der Waals surface area contributed by atoms with Gasteiger partial charge in [0.2, 0.25) is 0 Å². The van der Waals surface area contributed by atoms with Gasteiger partial charge in [-0.15, -0.1) is 0 Å². The molecule has 0 saturated carbocycles. The van der Waals surface area contributed by atoms with Crippen molar-refractivity contribution in [3.8, 4) is 16.9 Å². The molecule has 0 amide bonds. The molecular formula is C18H21N3O2S. The minimum Gasteiger partial charge on any atom is -0.507 e. The van der Waals surface area contributed by atoms with Gasteiger partial charge in [-0.1, -0.05) is 24.9 Å². The van der Waals surface area contributed by atoms with Crippen LogP contribution >= 0.6 is 11.9 Å². The zero-order valence-corrected chi connectivity index (χ0v) is 14.6. The molecule has 3 rings (SSSR count). The van der Waals surface area contributed by atoms with Crippen LogP contribution in [0.3, 0.4) is 0 Å². The van der Waals surface area contributed by atoms with Crippen molar-refractivity contribution in [1.29, 1.82) is 5.41 Å². The first-order valence-electron chi connectivity index (χ1n) is 7.92. The van der Waals surface area contributed by atoms with E-state index < -0.39 is 0 Å². The topological polar surface area (TPSA) is 78.2 Å². The normalized spacial score (nSPS) is 16.7. The molecule has 0 fully saturated rings. The van der Waals surface area contributed by atoms with E-state index in [0.29, 0.717) is 24.5 Å². The fourth-order valence-corrected chi connectivity index (χ4v) is 3.43. The second kappa shape index (κ2) is 7.34. The molecule has 1 aliphatic rings. The Morgan fingerprint density at radius 3 is 3.04 bits per heavy atom. The van der Waals surface area contributed by atoms with Crippen molar-refractivity contribution in [2.75, 3.05) is 12.4 Å². The molecule has 1 aromatic carbocycles. The third kappa shape index (κ3) is 3.31. The van der Waals surface area contributed by atoms with Crippen molar-refractivity contribution in [3.05, 3.63) is 47.3 Å². The van der Waals surface area contributed by atoms with Gasteiger partial charge in [-0.3, -0.25) is 9.71 Å². The molecule has 3 N–H and O–H groups in total. The predicted octanol–water partition coefficient (Wildman–Crippen LogP) is 3.67. The predicted molar refractivity (Wildman–Crippen MR) is 97.5 cm³/mol. The summed E-state index contributed by atoms with van der Waals surface area (Å²) in [5, 5.41) is 17.8. The van der Waals surface area contributed by atoms with E-state index in [0.717, 1.165) is 28.0 Å². The fourth-order valence-electron chi connectivity index (χ4n) is 2.87. The number of hydrogen-bond donors (Lipinski definition) is 3. The number of phenols is 1. The van der Waals surface area contributed by atoms with Crippen LogP contribution in [0.25, 0.3) is 11.1 Å². The molecule has 1 atom stereocenters. The number of phenolic OH excluding ortho intramolecular Hbond substituents is 1. The summed E-state index contributed by atoms with van der Waals surface area (Å²) < 4.78 is 9.20. The summed E-state index contributed by atoms with van der Waals surface area (Å²) in [6.45, 7) is 4.95. The van der Waals surface area contributed by atoms with Gasteiger partial charge < -0.3 is 15.3 Å². The lowest BCUT2D eigenvalue weighted by Gasteiger charge is -2.27. The van der Waals surface area contributed by atoms with Gasteiger partial charge in [0.05, 0.1) is 19.3 Å². The highest BCUT2D eigenvalue weighted by Crippen LogP contribution is 2.34. The van der Waals surface area contributed by atoms with Crippen LogP contribution in [0.2, 0.25) is 0 Å². The van der Waals surface area contributed by atoms with Crippen molar-refractivity contribution in [1.82, 2.24) is 9.71 Å². The van der Waals surface area contributed by atoms with E-state index in [1.807, 2.05) is 24.5 Å². The van der Waals surface area contributed by atoms with Gasteiger partial charge in [0.1, 0.15) is 5.75 Å². The molecule has 0 spiro atoms. The minimum absolute atomic E-state index is 0.118. The van der Waals surface area contributed by atoms with Gasteiger partial charge in [0.25, 0.3) is 0 Å². The highest BCUT2D eigenvalue weighted by Gasteiger charge is 2.24. The summed E-state index contributed by atoms with van der Waals surface area (Å²) in [5.74, 6) is 1.11. The first-order valence-corrected chi connectivity index (χ1v) is 8.91. The van der Waals surface area contributed by atoms with Gasteiger partial charge in [0, 0.05) is 35.0 Å². The van der Waals surface area contributed by atoms with E-state index in [-0.39, 0.29) is 11.8 Å². The molecular weight excluding hydrogens is 322 g/mol. The Labute approximate surface area is 146 Å². The van der Waals surface area contributed by atoms with Crippen LogP contribution in [0.5, 0.6) is 5.75 Å². The standard InChI is InChI=1S/C18H21N3O2S/c1-3-24-21-17-10-23-9-16-14(7-20-8-15(16)17)12-4-5-18(22)13(6-12)11(2)19/h4-8,17,19,21-22H,3,9-10H2,1-2H3. The largest absolute Gasteiger partial charge is 0.507 e. The lowest BCUT2D eigenvalue weighted by Crippen LogP contribution is -2.26. The number of fused-ring (bicyclic) bond motifs is 1. The maximum absolute atomic E-state index is 9.94. The summed E-state index contributed by atoms with van der Waals surface area (Å²) in [5.41, 5.74) is 5.07. The number of nitrogens with one attached hydrogen (secondary N) is 2. The van der Waals surface area contributed by atoms with E-state index in [2.05, 4.69) is 16.6 Å². The number of nitrogens with zero attached hydrogens (tertiary/aromatic N) is 1. The number of ether oxygens (including phenoxy) is 1. The van der Waals surface area contributed by atoms with Crippen molar-refractivity contribution in [2.45, 2.75) is 26.5 Å². The molecule has 6 heteroatoms. The van der Waals surface area contributed by atoms with Crippen LogP contribution in [0.1, 0.15) is 36.6 Å². The fraction of sp³-hybridized carbons (Fsp3) is 0.333. The molecule has 5 nitrogen and oxygen atoms in total. The number of pyridine rings is 1. The van der Waals surface area contributed by atoms with Crippen molar-refractivity contribution in [2.24, 2.45) is 0 Å². The van der Waals surface area contributed by atoms with E-state index in [9.17, 15) is 5.11 Å². The molecule has 24 heavy (non-hydrogen) atoms. The monoisotopic (exact) mass is 343 g/mol. The average molecular weight is 343 g/mol. The van der Waals surface area contributed by atoms with Gasteiger partial charge in [-0.25, -0.2) is 0 Å². The summed E-state index contributed by atoms with van der Waals surface area (Å²) in [6, 6.07) is 5.45. The third-order valence-corrected chi connectivity index (χ3v) is 4.82. The Hall–Kier alpha value is -1.89. The molecule has 0 aliphatic carbocycles. The number of rotatable bonds is 5. The smallest absolute Gasteiger partial charge is 0.124 e. The first kappa shape index (κ1) is 17.0. The highest BCUT2D eigenvalue weighted by molar-refractivity contribution is 7.97. The number of benzene rings is 1. The minimum atomic E-state index is 0.118. The van der Waals surface area contributed by atoms with Gasteiger partial charge in [-0.05, 0) is 35.7 Å². The van der Waals surface area contributed by atoms with Crippen molar-refractivity contribution < 1.29 is 9.84 Å². The zero-order chi connectivity index (χ0) is 17.1. The molecule has 0 saturated heterocycles. The Morgan fingerprint density at radius 2 is 2.29 bits per heavy atom. The Morgan fingerprint density at radius 1 is 1.46 bits per heavy atom. The molecule has 2 heterocycles. The summed E-state index contributed by atoms with van der Waals surface area (Å²) in [4.78, 5) is 4.41. The maximum atomic E-state index is 9.94. The van der Waals surface area contributed by atoms with Gasteiger partial charge in [0.15, 0.2) is 0 Å². The molecule has 0 radical (unpaired) electrons. The molecule has 126 valence electrons. The zero-order valence-electron chi connectivity index (χ0n) is 13.8. The molecule has 0 bridgehead atoms. The molecule has 1 unspecified atom stereocenters. The molecule has 1 aromatic heterocycles. The Bertz CT molecular complexity index is 764. The van der Waals surface area contributed by atoms with E-state index >= 15 is 0 Å². The summed E-state index contributed by atoms with van der Waals surface area (Å²) >= 11 is 1.67. The van der Waals surface area contributed by atoms with Crippen molar-refractivity contribution in [3.63, 3.8) is 0 Å². The van der Waals surface area contributed by atoms with Crippen LogP contribution in [-0.4, -0.2) is 28.2 Å². The Kier molecular flexibility index (Phi) is 5.18. The van der Waals surface area contributed by atoms with Gasteiger partial charge in [-0.2, -0.15) is 0 Å². The van der Waals surface area contributed by atoms with Crippen LogP contribution in [0.15, 0.2) is 30.6 Å². The van der Waals surface area contributed by atoms with Crippen LogP contribution in [0.4, 0.5) is 0 Å². The van der Waals surface area contributed by atoms with Crippen molar-refractivity contribution >= 4 is 17.7 Å². The quantitative estimate of drug-likeness (QED) is 0.570. The Balaban J connectivity index is 2.04. The highest BCUT2D eigenvalue weighted by atomic mass is 32.2. The third-order valence-electron chi connectivity index (χ3n) is 4.08. The number of aromatic hydroxyl groups is 1. The van der Waals surface area contributed by atoms with E-state index in [1.54, 1.807) is 24.9 Å². The lowest BCUT2D eigenvalue weighted by atomic mass is 9.92. The van der Waals surface area contributed by atoms with Gasteiger partial charge >= 0.3 is 0 Å². The first-order chi connectivity index (χ1) is 11.6.